The van der Waals surface area contributed by atoms with Gasteiger partial charge in [0.05, 0.1) is 5.56 Å². The summed E-state index contributed by atoms with van der Waals surface area (Å²) in [5.41, 5.74) is 5.35. The zero-order valence-corrected chi connectivity index (χ0v) is 6.00. The molecule has 1 heterocycles. The highest BCUT2D eigenvalue weighted by Crippen LogP contribution is 2.21. The Hall–Kier alpha value is -0.540. The van der Waals surface area contributed by atoms with E-state index >= 15 is 0 Å². The minimum absolute atomic E-state index is 0.404. The first-order chi connectivity index (χ1) is 4.22. The van der Waals surface area contributed by atoms with Gasteiger partial charge in [-0.15, -0.1) is 11.3 Å². The summed E-state index contributed by atoms with van der Waals surface area (Å²) in [6.07, 6.45) is 0. The van der Waals surface area contributed by atoms with E-state index in [1.165, 1.54) is 11.3 Å². The van der Waals surface area contributed by atoms with Crippen LogP contribution in [0.15, 0.2) is 11.4 Å². The summed E-state index contributed by atoms with van der Waals surface area (Å²) < 4.78 is 0.461. The molecule has 0 aromatic carbocycles. The highest BCUT2D eigenvalue weighted by atomic mass is 35.5. The maximum Gasteiger partial charge on any atom is 0.251 e. The zero-order valence-electron chi connectivity index (χ0n) is 4.43. The number of carbonyl (C=O) groups excluding carboxylic acids is 1. The summed E-state index contributed by atoms with van der Waals surface area (Å²) in [6.45, 7) is 0. The molecule has 0 saturated heterocycles. The van der Waals surface area contributed by atoms with Gasteiger partial charge in [0.1, 0.15) is 4.34 Å². The van der Waals surface area contributed by atoms with Gasteiger partial charge in [0.25, 0.3) is 5.91 Å². The molecule has 4 heteroatoms. The number of primary amides is 1. The Morgan fingerprint density at radius 1 is 1.78 bits per heavy atom. The van der Waals surface area contributed by atoms with Crippen molar-refractivity contribution >= 4 is 28.8 Å². The van der Waals surface area contributed by atoms with E-state index in [4.69, 9.17) is 17.3 Å². The topological polar surface area (TPSA) is 43.1 Å². The molecule has 0 aliphatic rings. The van der Waals surface area contributed by atoms with E-state index in [1.54, 1.807) is 11.4 Å². The third-order valence-corrected chi connectivity index (χ3v) is 2.05. The van der Waals surface area contributed by atoms with Crippen LogP contribution in [0.4, 0.5) is 0 Å². The zero-order chi connectivity index (χ0) is 6.85. The predicted molar refractivity (Wildman–Crippen MR) is 37.8 cm³/mol. The first-order valence-electron chi connectivity index (χ1n) is 2.24. The Morgan fingerprint density at radius 3 is 2.67 bits per heavy atom. The summed E-state index contributed by atoms with van der Waals surface area (Å²) in [7, 11) is 0. The van der Waals surface area contributed by atoms with Crippen molar-refractivity contribution < 1.29 is 4.79 Å². The fourth-order valence-electron chi connectivity index (χ4n) is 0.470. The number of halogens is 1. The Labute approximate surface area is 61.2 Å². The fourth-order valence-corrected chi connectivity index (χ4v) is 1.40. The summed E-state index contributed by atoms with van der Waals surface area (Å²) >= 11 is 6.85. The Kier molecular flexibility index (Phi) is 1.73. The van der Waals surface area contributed by atoms with Crippen molar-refractivity contribution in [3.8, 4) is 0 Å². The molecule has 9 heavy (non-hydrogen) atoms. The maximum absolute atomic E-state index is 10.4. The van der Waals surface area contributed by atoms with Crippen LogP contribution in [0.5, 0.6) is 0 Å². The molecule has 48 valence electrons. The van der Waals surface area contributed by atoms with Gasteiger partial charge in [-0.25, -0.2) is 0 Å². The minimum atomic E-state index is -0.471. The number of hydrogen-bond donors (Lipinski definition) is 1. The van der Waals surface area contributed by atoms with E-state index in [0.29, 0.717) is 9.90 Å². The van der Waals surface area contributed by atoms with Gasteiger partial charge < -0.3 is 5.73 Å². The van der Waals surface area contributed by atoms with Gasteiger partial charge in [-0.3, -0.25) is 4.79 Å². The number of amides is 1. The minimum Gasteiger partial charge on any atom is -0.366 e. The molecule has 0 saturated carbocycles. The van der Waals surface area contributed by atoms with Gasteiger partial charge in [0.15, 0.2) is 0 Å². The van der Waals surface area contributed by atoms with E-state index in [2.05, 4.69) is 0 Å². The Balaban J connectivity index is 3.08. The van der Waals surface area contributed by atoms with E-state index in [-0.39, 0.29) is 0 Å². The van der Waals surface area contributed by atoms with Crippen molar-refractivity contribution in [1.82, 2.24) is 0 Å². The van der Waals surface area contributed by atoms with Gasteiger partial charge in [-0.1, -0.05) is 11.6 Å². The van der Waals surface area contributed by atoms with Crippen molar-refractivity contribution in [1.29, 1.82) is 0 Å². The smallest absolute Gasteiger partial charge is 0.251 e. The van der Waals surface area contributed by atoms with Gasteiger partial charge in [0.2, 0.25) is 0 Å². The second-order valence-electron chi connectivity index (χ2n) is 1.47. The lowest BCUT2D eigenvalue weighted by atomic mass is 10.3. The lowest BCUT2D eigenvalue weighted by Gasteiger charge is -1.85. The molecule has 1 rings (SSSR count). The third kappa shape index (κ3) is 1.23. The monoisotopic (exact) mass is 161 g/mol. The Morgan fingerprint density at radius 2 is 2.44 bits per heavy atom. The average molecular weight is 162 g/mol. The molecular weight excluding hydrogens is 158 g/mol. The number of nitrogens with two attached hydrogens (primary N) is 1. The van der Waals surface area contributed by atoms with Gasteiger partial charge in [-0.05, 0) is 11.4 Å². The molecule has 0 radical (unpaired) electrons. The van der Waals surface area contributed by atoms with Crippen LogP contribution in [0, 0.1) is 0 Å². The standard InChI is InChI=1S/C5H4ClNOS/c6-4-3(5(7)8)1-2-9-4/h1-2H,(H2,7,8). The van der Waals surface area contributed by atoms with Crippen molar-refractivity contribution in [2.75, 3.05) is 0 Å². The first kappa shape index (κ1) is 6.58. The molecule has 1 aromatic heterocycles. The normalized spacial score (nSPS) is 9.44. The van der Waals surface area contributed by atoms with E-state index in [0.717, 1.165) is 0 Å². The van der Waals surface area contributed by atoms with Crippen molar-refractivity contribution in [2.45, 2.75) is 0 Å². The van der Waals surface area contributed by atoms with Crippen molar-refractivity contribution in [3.05, 3.63) is 21.3 Å². The SMILES string of the molecule is NC(=O)c1ccsc1Cl. The molecule has 2 N–H and O–H groups in total. The van der Waals surface area contributed by atoms with Crippen LogP contribution in [-0.4, -0.2) is 5.91 Å². The number of hydrogen-bond acceptors (Lipinski definition) is 2. The molecule has 1 amide bonds. The van der Waals surface area contributed by atoms with Gasteiger partial charge in [-0.2, -0.15) is 0 Å². The van der Waals surface area contributed by atoms with Crippen LogP contribution in [-0.2, 0) is 0 Å². The summed E-state index contributed by atoms with van der Waals surface area (Å²) in [4.78, 5) is 10.4. The van der Waals surface area contributed by atoms with E-state index in [1.807, 2.05) is 0 Å². The molecule has 2 nitrogen and oxygen atoms in total. The van der Waals surface area contributed by atoms with Gasteiger partial charge in [0, 0.05) is 0 Å². The molecule has 0 aliphatic carbocycles. The number of rotatable bonds is 1. The highest BCUT2D eigenvalue weighted by molar-refractivity contribution is 7.14. The van der Waals surface area contributed by atoms with E-state index < -0.39 is 5.91 Å². The quantitative estimate of drug-likeness (QED) is 0.667. The van der Waals surface area contributed by atoms with Gasteiger partial charge >= 0.3 is 0 Å². The number of carbonyl (C=O) groups is 1. The second-order valence-corrected chi connectivity index (χ2v) is 2.99. The lowest BCUT2D eigenvalue weighted by Crippen LogP contribution is -2.09. The molecule has 0 aliphatic heterocycles. The third-order valence-electron chi connectivity index (χ3n) is 0.883. The molecular formula is C5H4ClNOS. The predicted octanol–water partition coefficient (Wildman–Crippen LogP) is 1.50. The van der Waals surface area contributed by atoms with Crippen LogP contribution in [0.3, 0.4) is 0 Å². The molecule has 0 unspecified atom stereocenters. The van der Waals surface area contributed by atoms with Crippen LogP contribution in [0.25, 0.3) is 0 Å². The molecule has 0 fully saturated rings. The summed E-state index contributed by atoms with van der Waals surface area (Å²) in [5, 5.41) is 1.72. The highest BCUT2D eigenvalue weighted by Gasteiger charge is 2.05. The Bertz CT molecular complexity index is 233. The number of thiophene rings is 1. The fraction of sp³-hybridized carbons (Fsp3) is 0. The van der Waals surface area contributed by atoms with Crippen LogP contribution < -0.4 is 5.73 Å². The van der Waals surface area contributed by atoms with Crippen LogP contribution in [0.1, 0.15) is 10.4 Å². The van der Waals surface area contributed by atoms with Crippen molar-refractivity contribution in [2.24, 2.45) is 5.73 Å². The summed E-state index contributed by atoms with van der Waals surface area (Å²) in [5.74, 6) is -0.471. The van der Waals surface area contributed by atoms with Crippen LogP contribution >= 0.6 is 22.9 Å². The summed E-state index contributed by atoms with van der Waals surface area (Å²) in [6, 6.07) is 1.61. The van der Waals surface area contributed by atoms with E-state index in [9.17, 15) is 4.79 Å². The molecule has 1 aromatic rings. The second kappa shape index (κ2) is 2.37. The largest absolute Gasteiger partial charge is 0.366 e. The van der Waals surface area contributed by atoms with Crippen molar-refractivity contribution in [3.63, 3.8) is 0 Å². The molecule has 0 atom stereocenters. The maximum atomic E-state index is 10.4. The average Bonchev–Trinajstić information content (AvgIpc) is 2.13. The molecule has 0 spiro atoms. The lowest BCUT2D eigenvalue weighted by molar-refractivity contribution is 0.100. The van der Waals surface area contributed by atoms with Crippen LogP contribution in [0.2, 0.25) is 4.34 Å². The first-order valence-corrected chi connectivity index (χ1v) is 3.50. The molecule has 0 bridgehead atoms.